The van der Waals surface area contributed by atoms with Gasteiger partial charge < -0.3 is 32.0 Å². The van der Waals surface area contributed by atoms with Crippen LogP contribution >= 0.6 is 0 Å². The molecule has 7 N–H and O–H groups in total. The Morgan fingerprint density at radius 2 is 1.63 bits per heavy atom. The molecule has 1 unspecified atom stereocenters. The van der Waals surface area contributed by atoms with E-state index in [1.165, 1.54) is 0 Å². The van der Waals surface area contributed by atoms with Gasteiger partial charge in [-0.2, -0.15) is 0 Å². The molecular weight excluding hydrogens is 664 g/mol. The number of nitrogens with zero attached hydrogens (tertiary/aromatic N) is 4. The third kappa shape index (κ3) is 11.9. The molecule has 1 aliphatic heterocycles. The highest BCUT2D eigenvalue weighted by Crippen LogP contribution is 2.42. The summed E-state index contributed by atoms with van der Waals surface area (Å²) < 4.78 is 0. The number of fused-ring (bicyclic) bond motifs is 1. The summed E-state index contributed by atoms with van der Waals surface area (Å²) in [5, 5.41) is 26.2. The minimum atomic E-state index is -0.922. The van der Waals surface area contributed by atoms with E-state index in [1.54, 1.807) is 17.3 Å². The van der Waals surface area contributed by atoms with Gasteiger partial charge in [-0.05, 0) is 80.4 Å². The van der Waals surface area contributed by atoms with Crippen LogP contribution in [0.5, 0.6) is 0 Å². The Labute approximate surface area is 308 Å². The summed E-state index contributed by atoms with van der Waals surface area (Å²) in [7, 11) is 0. The van der Waals surface area contributed by atoms with Gasteiger partial charge in [-0.1, -0.05) is 52.7 Å². The fourth-order valence-electron chi connectivity index (χ4n) is 7.29. The Hall–Kier alpha value is -4.27. The lowest BCUT2D eigenvalue weighted by molar-refractivity contribution is -0.144. The van der Waals surface area contributed by atoms with Gasteiger partial charge in [0.1, 0.15) is 24.0 Å². The Kier molecular flexibility index (Phi) is 16.8. The predicted molar refractivity (Wildman–Crippen MR) is 198 cm³/mol. The van der Waals surface area contributed by atoms with Crippen molar-refractivity contribution in [2.75, 3.05) is 13.1 Å². The van der Waals surface area contributed by atoms with Crippen molar-refractivity contribution in [3.8, 4) is 0 Å². The van der Waals surface area contributed by atoms with E-state index in [2.05, 4.69) is 36.6 Å². The molecule has 1 aliphatic carbocycles. The van der Waals surface area contributed by atoms with Crippen LogP contribution in [0.25, 0.3) is 0 Å². The molecule has 0 aromatic carbocycles. The number of aromatic nitrogens is 1. The van der Waals surface area contributed by atoms with Gasteiger partial charge in [0.05, 0.1) is 12.6 Å². The standard InChI is InChI=1S/C37H60N10O5/c1-7-11-28(29(48)20-41-24(6)25-16-18-40-19-17-25)42-36(51)34-27-13-10-12-26(27)21-47(34)37(52)33(23(4)5)44-35(50)32(22(2)3)43-31(49)15-9-8-14-30(38)45-46-39/h16-19,22-24,26-28,32-34,41H,7-15,20-21H2,1-6H3,(H,42,51)(H,43,49)(H,44,50)(H3,38,39,45)/t24-,26+,27+,28?,32-,33+,34+/m1/s1. The second kappa shape index (κ2) is 20.7. The number of nitrogens with one attached hydrogen (secondary N) is 5. The van der Waals surface area contributed by atoms with Crippen molar-refractivity contribution in [1.82, 2.24) is 31.2 Å². The number of nitrogens with two attached hydrogens (primary N) is 1. The van der Waals surface area contributed by atoms with Crippen molar-refractivity contribution < 1.29 is 24.0 Å². The monoisotopic (exact) mass is 724 g/mol. The van der Waals surface area contributed by atoms with Crippen molar-refractivity contribution in [2.45, 2.75) is 130 Å². The molecule has 288 valence electrons. The number of unbranched alkanes of at least 4 members (excludes halogenated alkanes) is 1. The highest BCUT2D eigenvalue weighted by molar-refractivity contribution is 5.97. The molecule has 15 heteroatoms. The number of likely N-dealkylation sites (tertiary alicyclic amines) is 1. The van der Waals surface area contributed by atoms with E-state index in [1.807, 2.05) is 53.7 Å². The topological polar surface area (TPSA) is 224 Å². The molecule has 4 amide bonds. The normalized spacial score (nSPS) is 20.7. The Morgan fingerprint density at radius 3 is 2.27 bits per heavy atom. The van der Waals surface area contributed by atoms with Crippen molar-refractivity contribution >= 4 is 35.2 Å². The van der Waals surface area contributed by atoms with Crippen molar-refractivity contribution in [2.24, 2.45) is 39.9 Å². The SMILES string of the molecule is CCCC(NC(=O)[C@@H]1[C@H]2CCC[C@H]2CN1C(=O)[C@@H](NC(=O)[C@H](NC(=O)CCCCC(=N)N=NN)C(C)C)C(C)C)C(=O)CN[C@H](C)c1ccncc1. The molecule has 1 aromatic heterocycles. The minimum Gasteiger partial charge on any atom is -0.344 e. The van der Waals surface area contributed by atoms with Crippen LogP contribution in [0, 0.1) is 29.1 Å². The number of pyridine rings is 1. The number of carbonyl (C=O) groups excluding carboxylic acids is 5. The third-order valence-electron chi connectivity index (χ3n) is 10.3. The van der Waals surface area contributed by atoms with Gasteiger partial charge in [-0.3, -0.25) is 34.4 Å². The first kappa shape index (κ1) is 42.1. The first-order chi connectivity index (χ1) is 24.8. The summed E-state index contributed by atoms with van der Waals surface area (Å²) in [6.07, 6.45) is 8.77. The molecular formula is C37H60N10O5. The molecule has 3 rings (SSSR count). The second-order valence-corrected chi connectivity index (χ2v) is 14.9. The molecule has 1 aromatic rings. The molecule has 1 saturated heterocycles. The summed E-state index contributed by atoms with van der Waals surface area (Å²) in [5.41, 5.74) is 1.00. The lowest BCUT2D eigenvalue weighted by Gasteiger charge is -2.34. The molecule has 0 bridgehead atoms. The Balaban J connectivity index is 1.69. The van der Waals surface area contributed by atoms with Crippen LogP contribution < -0.4 is 27.1 Å². The summed E-state index contributed by atoms with van der Waals surface area (Å²) in [6.45, 7) is 11.7. The summed E-state index contributed by atoms with van der Waals surface area (Å²) in [4.78, 5) is 74.0. The summed E-state index contributed by atoms with van der Waals surface area (Å²) >= 11 is 0. The van der Waals surface area contributed by atoms with Gasteiger partial charge in [0.25, 0.3) is 0 Å². The maximum absolute atomic E-state index is 14.3. The third-order valence-corrected chi connectivity index (χ3v) is 10.3. The van der Waals surface area contributed by atoms with Crippen LogP contribution in [-0.2, 0) is 24.0 Å². The molecule has 2 heterocycles. The number of amides is 4. The number of rotatable bonds is 20. The van der Waals surface area contributed by atoms with Crippen LogP contribution in [-0.4, -0.2) is 82.4 Å². The quantitative estimate of drug-likeness (QED) is 0.0291. The zero-order valence-electron chi connectivity index (χ0n) is 31.7. The molecule has 1 saturated carbocycles. The fourth-order valence-corrected chi connectivity index (χ4v) is 7.29. The Bertz CT molecular complexity index is 1400. The number of Topliss-reactive ketones (excluding diaryl/α,β-unsaturated/α-hetero) is 1. The molecule has 2 aliphatic rings. The van der Waals surface area contributed by atoms with E-state index >= 15 is 0 Å². The number of amidine groups is 1. The smallest absolute Gasteiger partial charge is 0.246 e. The van der Waals surface area contributed by atoms with E-state index < -0.39 is 30.1 Å². The number of hydrogen-bond donors (Lipinski definition) is 6. The lowest BCUT2D eigenvalue weighted by Crippen LogP contribution is -2.60. The molecule has 52 heavy (non-hydrogen) atoms. The van der Waals surface area contributed by atoms with Crippen LogP contribution in [0.3, 0.4) is 0 Å². The number of hydrogen-bond acceptors (Lipinski definition) is 9. The van der Waals surface area contributed by atoms with Crippen LogP contribution in [0.1, 0.15) is 111 Å². The highest BCUT2D eigenvalue weighted by Gasteiger charge is 2.51. The van der Waals surface area contributed by atoms with Gasteiger partial charge >= 0.3 is 0 Å². The molecule has 0 radical (unpaired) electrons. The van der Waals surface area contributed by atoms with Gasteiger partial charge in [-0.25, -0.2) is 0 Å². The second-order valence-electron chi connectivity index (χ2n) is 14.9. The maximum atomic E-state index is 14.3. The first-order valence-electron chi connectivity index (χ1n) is 18.8. The van der Waals surface area contributed by atoms with Crippen molar-refractivity contribution in [1.29, 1.82) is 5.41 Å². The molecule has 2 fully saturated rings. The predicted octanol–water partition coefficient (Wildman–Crippen LogP) is 3.36. The van der Waals surface area contributed by atoms with E-state index in [4.69, 9.17) is 11.3 Å². The first-order valence-corrected chi connectivity index (χ1v) is 18.8. The summed E-state index contributed by atoms with van der Waals surface area (Å²) in [6, 6.07) is 0.448. The highest BCUT2D eigenvalue weighted by atomic mass is 16.2. The van der Waals surface area contributed by atoms with Gasteiger partial charge in [0.15, 0.2) is 5.78 Å². The number of carbonyl (C=O) groups is 5. The molecule has 0 spiro atoms. The van der Waals surface area contributed by atoms with Crippen molar-refractivity contribution in [3.63, 3.8) is 0 Å². The van der Waals surface area contributed by atoms with Gasteiger partial charge in [-0.15, -0.1) is 5.11 Å². The lowest BCUT2D eigenvalue weighted by atomic mass is 9.92. The molecule has 7 atom stereocenters. The van der Waals surface area contributed by atoms with E-state index in [0.717, 1.165) is 24.8 Å². The molecule has 15 nitrogen and oxygen atoms in total. The van der Waals surface area contributed by atoms with Crippen molar-refractivity contribution in [3.05, 3.63) is 30.1 Å². The average molecular weight is 725 g/mol. The van der Waals surface area contributed by atoms with Gasteiger partial charge in [0.2, 0.25) is 23.6 Å². The zero-order chi connectivity index (χ0) is 38.4. The van der Waals surface area contributed by atoms with Crippen LogP contribution in [0.2, 0.25) is 0 Å². The number of ketones is 1. The minimum absolute atomic E-state index is 0.0283. The van der Waals surface area contributed by atoms with Crippen LogP contribution in [0.15, 0.2) is 34.9 Å². The average Bonchev–Trinajstić information content (AvgIpc) is 3.72. The van der Waals surface area contributed by atoms with E-state index in [9.17, 15) is 24.0 Å². The van der Waals surface area contributed by atoms with Crippen LogP contribution in [0.4, 0.5) is 0 Å². The largest absolute Gasteiger partial charge is 0.344 e. The fraction of sp³-hybridized carbons (Fsp3) is 0.703. The van der Waals surface area contributed by atoms with E-state index in [-0.39, 0.29) is 72.0 Å². The maximum Gasteiger partial charge on any atom is 0.246 e. The Morgan fingerprint density at radius 1 is 0.962 bits per heavy atom. The zero-order valence-corrected chi connectivity index (χ0v) is 31.7. The van der Waals surface area contributed by atoms with E-state index in [0.29, 0.717) is 38.6 Å². The summed E-state index contributed by atoms with van der Waals surface area (Å²) in [5.74, 6) is 3.00. The van der Waals surface area contributed by atoms with Gasteiger partial charge in [0, 0.05) is 37.8 Å².